The first kappa shape index (κ1) is 14.4. The highest BCUT2D eigenvalue weighted by molar-refractivity contribution is 6.30. The second-order valence-corrected chi connectivity index (χ2v) is 6.06. The summed E-state index contributed by atoms with van der Waals surface area (Å²) in [5.74, 6) is 0.518. The summed E-state index contributed by atoms with van der Waals surface area (Å²) in [5.41, 5.74) is 1.95. The average molecular weight is 307 g/mol. The minimum absolute atomic E-state index is 0.0432. The molecule has 0 spiro atoms. The number of rotatable bonds is 5. The lowest BCUT2D eigenvalue weighted by molar-refractivity contribution is -0.134. The summed E-state index contributed by atoms with van der Waals surface area (Å²) >= 11 is 5.89. The van der Waals surface area contributed by atoms with E-state index in [1.165, 1.54) is 0 Å². The number of nitrogens with zero attached hydrogens (tertiary/aromatic N) is 2. The smallest absolute Gasteiger partial charge is 0.225 e. The van der Waals surface area contributed by atoms with Crippen LogP contribution in [-0.2, 0) is 9.63 Å². The molecule has 0 aromatic heterocycles. The number of carbonyl (C=O) groups is 1. The molecule has 3 rings (SSSR count). The molecule has 1 fully saturated rings. The molecule has 1 aromatic carbocycles. The summed E-state index contributed by atoms with van der Waals surface area (Å²) in [4.78, 5) is 19.5. The van der Waals surface area contributed by atoms with Gasteiger partial charge in [0.1, 0.15) is 0 Å². The minimum Gasteiger partial charge on any atom is -0.390 e. The quantitative estimate of drug-likeness (QED) is 0.839. The Kier molecular flexibility index (Phi) is 4.15. The molecule has 1 saturated carbocycles. The predicted octanol–water partition coefficient (Wildman–Crippen LogP) is 3.09. The van der Waals surface area contributed by atoms with Crippen molar-refractivity contribution in [2.45, 2.75) is 32.3 Å². The normalized spacial score (nSPS) is 20.9. The van der Waals surface area contributed by atoms with Crippen LogP contribution in [0.5, 0.6) is 0 Å². The molecular weight excluding hydrogens is 288 g/mol. The maximum atomic E-state index is 12.1. The maximum Gasteiger partial charge on any atom is 0.225 e. The largest absolute Gasteiger partial charge is 0.390 e. The zero-order chi connectivity index (χ0) is 14.8. The van der Waals surface area contributed by atoms with E-state index in [0.717, 1.165) is 37.1 Å². The molecule has 21 heavy (non-hydrogen) atoms. The van der Waals surface area contributed by atoms with Crippen LogP contribution in [0.3, 0.4) is 0 Å². The Balaban J connectivity index is 1.57. The van der Waals surface area contributed by atoms with Crippen LogP contribution in [0.15, 0.2) is 29.4 Å². The third kappa shape index (κ3) is 3.38. The fraction of sp³-hybridized carbons (Fsp3) is 0.500. The van der Waals surface area contributed by atoms with Crippen molar-refractivity contribution in [2.24, 2.45) is 11.1 Å². The zero-order valence-electron chi connectivity index (χ0n) is 12.1. The van der Waals surface area contributed by atoms with Crippen LogP contribution in [0.4, 0.5) is 0 Å². The number of carbonyl (C=O) groups excluding carboxylic acids is 1. The molecule has 2 aliphatic rings. The van der Waals surface area contributed by atoms with E-state index >= 15 is 0 Å². The van der Waals surface area contributed by atoms with Crippen LogP contribution < -0.4 is 0 Å². The Hall–Kier alpha value is -1.55. The van der Waals surface area contributed by atoms with Gasteiger partial charge in [0.2, 0.25) is 5.91 Å². The Morgan fingerprint density at radius 1 is 1.38 bits per heavy atom. The highest BCUT2D eigenvalue weighted by Crippen LogP contribution is 2.31. The van der Waals surface area contributed by atoms with E-state index < -0.39 is 0 Å². The molecule has 1 amide bonds. The lowest BCUT2D eigenvalue weighted by Gasteiger charge is -2.23. The Morgan fingerprint density at radius 2 is 2.10 bits per heavy atom. The van der Waals surface area contributed by atoms with Crippen LogP contribution >= 0.6 is 11.6 Å². The molecule has 0 radical (unpaired) electrons. The summed E-state index contributed by atoms with van der Waals surface area (Å²) in [6, 6.07) is 7.59. The van der Waals surface area contributed by atoms with Crippen LogP contribution in [0.25, 0.3) is 0 Å². The number of oxime groups is 1. The van der Waals surface area contributed by atoms with Gasteiger partial charge in [-0.2, -0.15) is 0 Å². The minimum atomic E-state index is -0.0432. The third-order valence-corrected chi connectivity index (χ3v) is 4.21. The molecule has 1 aromatic rings. The summed E-state index contributed by atoms with van der Waals surface area (Å²) in [6.45, 7) is 3.36. The van der Waals surface area contributed by atoms with Gasteiger partial charge < -0.3 is 9.74 Å². The first-order valence-corrected chi connectivity index (χ1v) is 7.82. The van der Waals surface area contributed by atoms with Gasteiger partial charge in [0.25, 0.3) is 0 Å². The van der Waals surface area contributed by atoms with Gasteiger partial charge in [-0.15, -0.1) is 0 Å². The topological polar surface area (TPSA) is 41.9 Å². The van der Waals surface area contributed by atoms with Crippen molar-refractivity contribution in [3.8, 4) is 0 Å². The molecule has 1 unspecified atom stereocenters. The van der Waals surface area contributed by atoms with Crippen molar-refractivity contribution in [1.82, 2.24) is 4.90 Å². The molecule has 0 bridgehead atoms. The van der Waals surface area contributed by atoms with Gasteiger partial charge in [0.05, 0.1) is 12.3 Å². The van der Waals surface area contributed by atoms with Gasteiger partial charge in [-0.05, 0) is 37.5 Å². The highest BCUT2D eigenvalue weighted by atomic mass is 35.5. The summed E-state index contributed by atoms with van der Waals surface area (Å²) in [7, 11) is 0. The van der Waals surface area contributed by atoms with Crippen molar-refractivity contribution in [1.29, 1.82) is 0 Å². The molecule has 1 aliphatic heterocycles. The van der Waals surface area contributed by atoms with Crippen LogP contribution in [0.2, 0.25) is 5.02 Å². The summed E-state index contributed by atoms with van der Waals surface area (Å²) in [5, 5.41) is 4.87. The lowest BCUT2D eigenvalue weighted by Crippen LogP contribution is -2.38. The molecule has 0 N–H and O–H groups in total. The van der Waals surface area contributed by atoms with E-state index in [0.29, 0.717) is 11.6 Å². The predicted molar refractivity (Wildman–Crippen MR) is 82.5 cm³/mol. The monoisotopic (exact) mass is 306 g/mol. The number of halogens is 1. The second-order valence-electron chi connectivity index (χ2n) is 5.63. The number of likely N-dealkylation sites (N-methyl/N-ethyl adjacent to an activating group) is 1. The average Bonchev–Trinajstić information content (AvgIpc) is 3.24. The van der Waals surface area contributed by atoms with Crippen LogP contribution in [-0.4, -0.2) is 35.7 Å². The number of benzene rings is 1. The second kappa shape index (κ2) is 6.06. The molecule has 1 heterocycles. The summed E-state index contributed by atoms with van der Waals surface area (Å²) < 4.78 is 0. The Morgan fingerprint density at radius 3 is 2.71 bits per heavy atom. The molecule has 1 atom stereocenters. The van der Waals surface area contributed by atoms with Crippen molar-refractivity contribution in [2.75, 3.05) is 13.1 Å². The third-order valence-electron chi connectivity index (χ3n) is 3.95. The van der Waals surface area contributed by atoms with E-state index in [1.807, 2.05) is 36.1 Å². The fourth-order valence-corrected chi connectivity index (χ4v) is 2.67. The van der Waals surface area contributed by atoms with Gasteiger partial charge in [0, 0.05) is 23.9 Å². The van der Waals surface area contributed by atoms with Crippen LogP contribution in [0.1, 0.15) is 31.7 Å². The van der Waals surface area contributed by atoms with Crippen LogP contribution in [0, 0.1) is 5.92 Å². The van der Waals surface area contributed by atoms with Gasteiger partial charge in [-0.3, -0.25) is 4.79 Å². The molecule has 1 aliphatic carbocycles. The van der Waals surface area contributed by atoms with Gasteiger partial charge in [-0.25, -0.2) is 0 Å². The highest BCUT2D eigenvalue weighted by Gasteiger charge is 2.34. The van der Waals surface area contributed by atoms with E-state index in [4.69, 9.17) is 16.4 Å². The van der Waals surface area contributed by atoms with Gasteiger partial charge >= 0.3 is 0 Å². The molecule has 4 nitrogen and oxygen atoms in total. The van der Waals surface area contributed by atoms with Gasteiger partial charge in [0.15, 0.2) is 6.10 Å². The van der Waals surface area contributed by atoms with Crippen molar-refractivity contribution >= 4 is 23.2 Å². The lowest BCUT2D eigenvalue weighted by atomic mass is 10.0. The Bertz CT molecular complexity index is 552. The number of hydrogen-bond donors (Lipinski definition) is 0. The maximum absolute atomic E-state index is 12.1. The number of hydrogen-bond acceptors (Lipinski definition) is 3. The molecule has 112 valence electrons. The first-order valence-electron chi connectivity index (χ1n) is 7.44. The van der Waals surface area contributed by atoms with E-state index in [-0.39, 0.29) is 17.9 Å². The first-order chi connectivity index (χ1) is 10.2. The number of amides is 1. The molecule has 0 saturated heterocycles. The molecule has 5 heteroatoms. The standard InChI is InChI=1S/C16H19ClN2O2/c1-2-19(16(20)12-3-4-12)10-14-9-15(18-21-14)11-5-7-13(17)8-6-11/h5-8,12,14H,2-4,9-10H2,1H3. The van der Waals surface area contributed by atoms with Crippen molar-refractivity contribution in [3.63, 3.8) is 0 Å². The fourth-order valence-electron chi connectivity index (χ4n) is 2.55. The molecular formula is C16H19ClN2O2. The Labute approximate surface area is 129 Å². The van der Waals surface area contributed by atoms with E-state index in [2.05, 4.69) is 5.16 Å². The zero-order valence-corrected chi connectivity index (χ0v) is 12.8. The van der Waals surface area contributed by atoms with Gasteiger partial charge in [-0.1, -0.05) is 28.9 Å². The van der Waals surface area contributed by atoms with E-state index in [9.17, 15) is 4.79 Å². The van der Waals surface area contributed by atoms with Crippen molar-refractivity contribution in [3.05, 3.63) is 34.9 Å². The summed E-state index contributed by atoms with van der Waals surface area (Å²) in [6.07, 6.45) is 2.76. The van der Waals surface area contributed by atoms with E-state index in [1.54, 1.807) is 0 Å². The SMILES string of the molecule is CCN(CC1CC(c2ccc(Cl)cc2)=NO1)C(=O)C1CC1. The van der Waals surface area contributed by atoms with Crippen molar-refractivity contribution < 1.29 is 9.63 Å².